The van der Waals surface area contributed by atoms with Crippen molar-refractivity contribution in [3.05, 3.63) is 135 Å². The van der Waals surface area contributed by atoms with Gasteiger partial charge in [-0.05, 0) is 39.7 Å². The normalized spacial score (nSPS) is 11.7. The van der Waals surface area contributed by atoms with Gasteiger partial charge in [0.25, 0.3) is 0 Å². The van der Waals surface area contributed by atoms with Gasteiger partial charge in [0.05, 0.1) is 34.9 Å². The van der Waals surface area contributed by atoms with Crippen molar-refractivity contribution in [3.63, 3.8) is 0 Å². The van der Waals surface area contributed by atoms with Crippen LogP contribution in [0.5, 0.6) is 17.2 Å². The lowest BCUT2D eigenvalue weighted by Crippen LogP contribution is -2.21. The largest absolute Gasteiger partial charge is 0.507 e. The summed E-state index contributed by atoms with van der Waals surface area (Å²) in [7, 11) is 1.46. The highest BCUT2D eigenvalue weighted by Gasteiger charge is 2.34. The predicted molar refractivity (Wildman–Crippen MR) is 157 cm³/mol. The predicted octanol–water partition coefficient (Wildman–Crippen LogP) is 6.81. The Balaban J connectivity index is 1.66. The van der Waals surface area contributed by atoms with E-state index in [-0.39, 0.29) is 33.8 Å². The molecule has 7 aromatic rings. The second-order valence-corrected chi connectivity index (χ2v) is 9.80. The molecule has 0 radical (unpaired) electrons. The van der Waals surface area contributed by atoms with E-state index >= 15 is 0 Å². The molecule has 0 aliphatic rings. The van der Waals surface area contributed by atoms with Gasteiger partial charge in [-0.15, -0.1) is 0 Å². The standard InChI is InChI=1S/C34H22O7/c1-39-23-13-7-6-12-22(23)28(29-31(35)26-20-10-4-2-8-18(20)14-16-24(26)40-33(29)37)30-32(36)27-21-11-5-3-9-19(21)15-17-25(27)41-34(30)38/h2-17,28,35-36H,1H3. The molecule has 0 amide bonds. The number of hydrogen-bond acceptors (Lipinski definition) is 7. The summed E-state index contributed by atoms with van der Waals surface area (Å²) < 4.78 is 17.1. The molecular formula is C34H22O7. The van der Waals surface area contributed by atoms with Crippen LogP contribution in [0.3, 0.4) is 0 Å². The molecule has 0 spiro atoms. The minimum atomic E-state index is -1.30. The molecule has 5 aromatic carbocycles. The van der Waals surface area contributed by atoms with Crippen LogP contribution in [0.25, 0.3) is 43.5 Å². The van der Waals surface area contributed by atoms with Crippen LogP contribution in [0, 0.1) is 0 Å². The highest BCUT2D eigenvalue weighted by atomic mass is 16.5. The molecule has 0 aliphatic heterocycles. The van der Waals surface area contributed by atoms with E-state index < -0.39 is 17.2 Å². The molecule has 2 N–H and O–H groups in total. The highest BCUT2D eigenvalue weighted by molar-refractivity contribution is 6.10. The SMILES string of the molecule is COc1ccccc1C(c1c(O)c2c(ccc3ccccc32)oc1=O)c1c(O)c2c(ccc3ccccc32)oc1=O. The van der Waals surface area contributed by atoms with E-state index in [9.17, 15) is 19.8 Å². The summed E-state index contributed by atoms with van der Waals surface area (Å²) in [6.07, 6.45) is 0. The number of ether oxygens (including phenoxy) is 1. The lowest BCUT2D eigenvalue weighted by Gasteiger charge is -2.22. The van der Waals surface area contributed by atoms with Crippen molar-refractivity contribution in [1.29, 1.82) is 0 Å². The number of fused-ring (bicyclic) bond motifs is 6. The van der Waals surface area contributed by atoms with Crippen molar-refractivity contribution in [1.82, 2.24) is 0 Å². The summed E-state index contributed by atoms with van der Waals surface area (Å²) in [6, 6.07) is 28.4. The maximum Gasteiger partial charge on any atom is 0.344 e. The minimum absolute atomic E-state index is 0.189. The molecule has 0 saturated carbocycles. The lowest BCUT2D eigenvalue weighted by molar-refractivity contribution is 0.405. The van der Waals surface area contributed by atoms with Crippen molar-refractivity contribution in [2.45, 2.75) is 5.92 Å². The number of benzene rings is 5. The van der Waals surface area contributed by atoms with Gasteiger partial charge in [0.15, 0.2) is 0 Å². The molecule has 2 aromatic heterocycles. The van der Waals surface area contributed by atoms with Crippen LogP contribution < -0.4 is 16.0 Å². The Bertz CT molecular complexity index is 2140. The molecule has 7 heteroatoms. The average molecular weight is 543 g/mol. The molecule has 0 atom stereocenters. The first kappa shape index (κ1) is 24.5. The molecule has 0 bridgehead atoms. The molecule has 7 rings (SSSR count). The third-order valence-corrected chi connectivity index (χ3v) is 7.64. The van der Waals surface area contributed by atoms with E-state index in [1.165, 1.54) is 7.11 Å². The summed E-state index contributed by atoms with van der Waals surface area (Å²) >= 11 is 0. The lowest BCUT2D eigenvalue weighted by atomic mass is 9.83. The number of aromatic hydroxyl groups is 2. The van der Waals surface area contributed by atoms with E-state index in [1.54, 1.807) is 48.5 Å². The smallest absolute Gasteiger partial charge is 0.344 e. The van der Waals surface area contributed by atoms with Crippen LogP contribution in [-0.4, -0.2) is 17.3 Å². The zero-order valence-electron chi connectivity index (χ0n) is 21.8. The van der Waals surface area contributed by atoms with Crippen molar-refractivity contribution < 1.29 is 23.8 Å². The summed E-state index contributed by atoms with van der Waals surface area (Å²) in [5, 5.41) is 27.3. The summed E-state index contributed by atoms with van der Waals surface area (Å²) in [4.78, 5) is 27.4. The molecule has 0 unspecified atom stereocenters. The summed E-state index contributed by atoms with van der Waals surface area (Å²) in [5.74, 6) is -1.68. The first-order valence-electron chi connectivity index (χ1n) is 13.0. The number of methoxy groups -OCH3 is 1. The Kier molecular flexibility index (Phi) is 5.54. The van der Waals surface area contributed by atoms with Crippen LogP contribution in [0.1, 0.15) is 22.6 Å². The highest BCUT2D eigenvalue weighted by Crippen LogP contribution is 2.46. The van der Waals surface area contributed by atoms with Crippen molar-refractivity contribution in [2.75, 3.05) is 7.11 Å². The molecule has 0 aliphatic carbocycles. The first-order chi connectivity index (χ1) is 20.0. The fourth-order valence-electron chi connectivity index (χ4n) is 5.80. The molecule has 200 valence electrons. The van der Waals surface area contributed by atoms with Gasteiger partial charge in [-0.25, -0.2) is 9.59 Å². The van der Waals surface area contributed by atoms with E-state index in [2.05, 4.69) is 0 Å². The van der Waals surface area contributed by atoms with Gasteiger partial charge in [-0.3, -0.25) is 0 Å². The number of hydrogen-bond donors (Lipinski definition) is 2. The zero-order valence-corrected chi connectivity index (χ0v) is 21.8. The Morgan fingerprint density at radius 2 is 1.07 bits per heavy atom. The van der Waals surface area contributed by atoms with E-state index in [1.807, 2.05) is 48.5 Å². The number of rotatable bonds is 4. The van der Waals surface area contributed by atoms with Gasteiger partial charge in [0.1, 0.15) is 28.4 Å². The maximum atomic E-state index is 13.7. The topological polar surface area (TPSA) is 110 Å². The molecule has 2 heterocycles. The van der Waals surface area contributed by atoms with Crippen LogP contribution in [0.4, 0.5) is 0 Å². The van der Waals surface area contributed by atoms with Gasteiger partial charge in [-0.2, -0.15) is 0 Å². The first-order valence-corrected chi connectivity index (χ1v) is 13.0. The third-order valence-electron chi connectivity index (χ3n) is 7.64. The Labute approximate surface area is 232 Å². The fraction of sp³-hybridized carbons (Fsp3) is 0.0588. The molecule has 0 saturated heterocycles. The zero-order chi connectivity index (χ0) is 28.2. The van der Waals surface area contributed by atoms with Crippen LogP contribution in [0.2, 0.25) is 0 Å². The monoisotopic (exact) mass is 542 g/mol. The maximum absolute atomic E-state index is 13.7. The van der Waals surface area contributed by atoms with E-state index in [4.69, 9.17) is 13.6 Å². The van der Waals surface area contributed by atoms with Crippen molar-refractivity contribution in [3.8, 4) is 17.2 Å². The third kappa shape index (κ3) is 3.67. The van der Waals surface area contributed by atoms with Gasteiger partial charge in [-0.1, -0.05) is 78.9 Å². The minimum Gasteiger partial charge on any atom is -0.507 e. The summed E-state index contributed by atoms with van der Waals surface area (Å²) in [5.41, 5.74) is -1.43. The molecular weight excluding hydrogens is 520 g/mol. The van der Waals surface area contributed by atoms with Gasteiger partial charge < -0.3 is 23.8 Å². The second kappa shape index (κ2) is 9.27. The van der Waals surface area contributed by atoms with E-state index in [0.717, 1.165) is 10.8 Å². The van der Waals surface area contributed by atoms with Crippen molar-refractivity contribution >= 4 is 43.5 Å². The quantitative estimate of drug-likeness (QED) is 0.186. The Morgan fingerprint density at radius 1 is 0.610 bits per heavy atom. The molecule has 41 heavy (non-hydrogen) atoms. The van der Waals surface area contributed by atoms with Crippen molar-refractivity contribution in [2.24, 2.45) is 0 Å². The Morgan fingerprint density at radius 3 is 1.59 bits per heavy atom. The van der Waals surface area contributed by atoms with Crippen LogP contribution in [-0.2, 0) is 0 Å². The van der Waals surface area contributed by atoms with E-state index in [0.29, 0.717) is 32.9 Å². The number of para-hydroxylation sites is 1. The van der Waals surface area contributed by atoms with Gasteiger partial charge in [0, 0.05) is 5.56 Å². The van der Waals surface area contributed by atoms with Gasteiger partial charge in [0.2, 0.25) is 0 Å². The molecule has 0 fully saturated rings. The van der Waals surface area contributed by atoms with Crippen LogP contribution in [0.15, 0.2) is 115 Å². The second-order valence-electron chi connectivity index (χ2n) is 9.80. The summed E-state index contributed by atoms with van der Waals surface area (Å²) in [6.45, 7) is 0. The Hall–Kier alpha value is -5.56. The fourth-order valence-corrected chi connectivity index (χ4v) is 5.80. The van der Waals surface area contributed by atoms with Crippen LogP contribution >= 0.6 is 0 Å². The average Bonchev–Trinajstić information content (AvgIpc) is 2.99. The van der Waals surface area contributed by atoms with Gasteiger partial charge >= 0.3 is 11.3 Å². The molecule has 7 nitrogen and oxygen atoms in total.